The third kappa shape index (κ3) is 2.98. The van der Waals surface area contributed by atoms with Gasteiger partial charge in [-0.2, -0.15) is 0 Å². The molecule has 1 atom stereocenters. The second-order valence-electron chi connectivity index (χ2n) is 6.74. The van der Waals surface area contributed by atoms with Crippen molar-refractivity contribution in [3.8, 4) is 5.95 Å². The number of carbonyl (C=O) groups excluding carboxylic acids is 1. The molecule has 0 saturated heterocycles. The number of hydrogen-bond donors (Lipinski definition) is 1. The van der Waals surface area contributed by atoms with Crippen molar-refractivity contribution >= 4 is 17.3 Å². The molecule has 1 N–H and O–H groups in total. The maximum absolute atomic E-state index is 12.7. The Hall–Kier alpha value is -3.02. The van der Waals surface area contributed by atoms with E-state index in [1.54, 1.807) is 23.1 Å². The molecule has 1 aliphatic rings. The van der Waals surface area contributed by atoms with Gasteiger partial charge in [0.2, 0.25) is 0 Å². The van der Waals surface area contributed by atoms with Crippen molar-refractivity contribution in [2.24, 2.45) is 5.92 Å². The van der Waals surface area contributed by atoms with E-state index in [4.69, 9.17) is 0 Å². The fourth-order valence-electron chi connectivity index (χ4n) is 3.37. The first-order valence-corrected chi connectivity index (χ1v) is 8.94. The summed E-state index contributed by atoms with van der Waals surface area (Å²) < 4.78 is 1.70. The summed E-state index contributed by atoms with van der Waals surface area (Å²) in [6.45, 7) is 4.21. The number of ketones is 1. The smallest absolute Gasteiger partial charge is 0.250 e. The summed E-state index contributed by atoms with van der Waals surface area (Å²) in [4.78, 5) is 21.3. The Kier molecular flexibility index (Phi) is 4.24. The highest BCUT2D eigenvalue weighted by Gasteiger charge is 2.31. The first-order chi connectivity index (χ1) is 12.7. The van der Waals surface area contributed by atoms with Gasteiger partial charge in [-0.15, -0.1) is 5.10 Å². The fraction of sp³-hybridized carbons (Fsp3) is 0.300. The van der Waals surface area contributed by atoms with E-state index in [-0.39, 0.29) is 11.7 Å². The van der Waals surface area contributed by atoms with Crippen molar-refractivity contribution in [3.63, 3.8) is 0 Å². The molecule has 3 aromatic rings. The van der Waals surface area contributed by atoms with Gasteiger partial charge in [0.05, 0.1) is 11.3 Å². The van der Waals surface area contributed by atoms with Crippen LogP contribution in [0.4, 0.5) is 11.5 Å². The van der Waals surface area contributed by atoms with Crippen LogP contribution in [0.3, 0.4) is 0 Å². The first-order valence-electron chi connectivity index (χ1n) is 8.94. The summed E-state index contributed by atoms with van der Waals surface area (Å²) >= 11 is 0. The SMILES string of the molecule is CCc1ccc(Nc2nn(-c3ncccn3)c3c2C(=O)CC(C)C3)cc1. The van der Waals surface area contributed by atoms with Gasteiger partial charge in [-0.1, -0.05) is 26.0 Å². The van der Waals surface area contributed by atoms with Crippen LogP contribution in [0.2, 0.25) is 0 Å². The van der Waals surface area contributed by atoms with Crippen molar-refractivity contribution in [3.05, 3.63) is 59.5 Å². The fourth-order valence-corrected chi connectivity index (χ4v) is 3.37. The van der Waals surface area contributed by atoms with Gasteiger partial charge in [0.25, 0.3) is 5.95 Å². The van der Waals surface area contributed by atoms with E-state index in [0.29, 0.717) is 23.8 Å². The van der Waals surface area contributed by atoms with Gasteiger partial charge in [-0.05, 0) is 42.5 Å². The molecule has 132 valence electrons. The molecular weight excluding hydrogens is 326 g/mol. The number of rotatable bonds is 4. The highest BCUT2D eigenvalue weighted by Crippen LogP contribution is 2.33. The second-order valence-corrected chi connectivity index (χ2v) is 6.74. The molecule has 4 rings (SSSR count). The van der Waals surface area contributed by atoms with Crippen LogP contribution in [0, 0.1) is 5.92 Å². The summed E-state index contributed by atoms with van der Waals surface area (Å²) in [5.41, 5.74) is 3.73. The van der Waals surface area contributed by atoms with Crippen molar-refractivity contribution in [1.82, 2.24) is 19.7 Å². The summed E-state index contributed by atoms with van der Waals surface area (Å²) in [7, 11) is 0. The minimum absolute atomic E-state index is 0.119. The predicted octanol–water partition coefficient (Wildman–Crippen LogP) is 3.73. The number of nitrogens with zero attached hydrogens (tertiary/aromatic N) is 4. The number of hydrogen-bond acceptors (Lipinski definition) is 5. The minimum Gasteiger partial charge on any atom is -0.338 e. The Balaban J connectivity index is 1.78. The summed E-state index contributed by atoms with van der Waals surface area (Å²) in [5.74, 6) is 1.47. The van der Waals surface area contributed by atoms with Crippen LogP contribution in [-0.2, 0) is 12.8 Å². The van der Waals surface area contributed by atoms with Gasteiger partial charge in [0.15, 0.2) is 11.6 Å². The third-order valence-electron chi connectivity index (χ3n) is 4.70. The van der Waals surface area contributed by atoms with E-state index in [2.05, 4.69) is 46.4 Å². The molecule has 1 aromatic carbocycles. The molecule has 0 radical (unpaired) electrons. The maximum Gasteiger partial charge on any atom is 0.250 e. The number of fused-ring (bicyclic) bond motifs is 1. The molecule has 0 saturated carbocycles. The quantitative estimate of drug-likeness (QED) is 0.778. The zero-order valence-corrected chi connectivity index (χ0v) is 14.9. The number of carbonyl (C=O) groups is 1. The topological polar surface area (TPSA) is 72.7 Å². The number of aromatic nitrogens is 4. The Bertz CT molecular complexity index is 931. The summed E-state index contributed by atoms with van der Waals surface area (Å²) in [6.07, 6.45) is 5.68. The molecule has 2 heterocycles. The normalized spacial score (nSPS) is 16.4. The molecule has 0 spiro atoms. The van der Waals surface area contributed by atoms with Crippen molar-refractivity contribution in [1.29, 1.82) is 0 Å². The number of nitrogens with one attached hydrogen (secondary N) is 1. The Morgan fingerprint density at radius 2 is 1.88 bits per heavy atom. The van der Waals surface area contributed by atoms with Gasteiger partial charge in [0, 0.05) is 24.5 Å². The van der Waals surface area contributed by atoms with Crippen LogP contribution in [-0.4, -0.2) is 25.5 Å². The van der Waals surface area contributed by atoms with Crippen LogP contribution in [0.15, 0.2) is 42.7 Å². The van der Waals surface area contributed by atoms with Crippen molar-refractivity contribution < 1.29 is 4.79 Å². The highest BCUT2D eigenvalue weighted by molar-refractivity contribution is 6.03. The van der Waals surface area contributed by atoms with E-state index < -0.39 is 0 Å². The minimum atomic E-state index is 0.119. The van der Waals surface area contributed by atoms with Crippen LogP contribution in [0.1, 0.15) is 41.9 Å². The van der Waals surface area contributed by atoms with E-state index in [1.165, 1.54) is 5.56 Å². The zero-order chi connectivity index (χ0) is 18.1. The van der Waals surface area contributed by atoms with Gasteiger partial charge >= 0.3 is 0 Å². The van der Waals surface area contributed by atoms with Gasteiger partial charge in [-0.3, -0.25) is 4.79 Å². The molecule has 0 aliphatic heterocycles. The molecule has 0 fully saturated rings. The number of anilines is 2. The van der Waals surface area contributed by atoms with Crippen LogP contribution >= 0.6 is 0 Å². The average molecular weight is 347 g/mol. The molecule has 0 amide bonds. The Morgan fingerprint density at radius 1 is 1.15 bits per heavy atom. The molecule has 0 bridgehead atoms. The lowest BCUT2D eigenvalue weighted by atomic mass is 9.88. The van der Waals surface area contributed by atoms with E-state index in [0.717, 1.165) is 24.2 Å². The van der Waals surface area contributed by atoms with Crippen LogP contribution in [0.5, 0.6) is 0 Å². The maximum atomic E-state index is 12.7. The first kappa shape index (κ1) is 16.4. The monoisotopic (exact) mass is 347 g/mol. The molecular formula is C20H21N5O. The number of benzene rings is 1. The zero-order valence-electron chi connectivity index (χ0n) is 14.9. The van der Waals surface area contributed by atoms with Crippen LogP contribution in [0.25, 0.3) is 5.95 Å². The second kappa shape index (κ2) is 6.71. The van der Waals surface area contributed by atoms with Crippen molar-refractivity contribution in [2.75, 3.05) is 5.32 Å². The Labute approximate surface area is 152 Å². The molecule has 1 unspecified atom stereocenters. The number of Topliss-reactive ketones (excluding diaryl/α,β-unsaturated/α-hetero) is 1. The van der Waals surface area contributed by atoms with Crippen LogP contribution < -0.4 is 5.32 Å². The van der Waals surface area contributed by atoms with E-state index >= 15 is 0 Å². The van der Waals surface area contributed by atoms with Gasteiger partial charge < -0.3 is 5.32 Å². The summed E-state index contributed by atoms with van der Waals surface area (Å²) in [6, 6.07) is 9.95. The molecule has 6 heteroatoms. The molecule has 6 nitrogen and oxygen atoms in total. The van der Waals surface area contributed by atoms with Crippen molar-refractivity contribution in [2.45, 2.75) is 33.1 Å². The lowest BCUT2D eigenvalue weighted by molar-refractivity contribution is 0.0953. The average Bonchev–Trinajstić information content (AvgIpc) is 3.01. The lowest BCUT2D eigenvalue weighted by Gasteiger charge is -2.18. The largest absolute Gasteiger partial charge is 0.338 e. The van der Waals surface area contributed by atoms with E-state index in [1.807, 2.05) is 12.1 Å². The molecule has 1 aliphatic carbocycles. The predicted molar refractivity (Wildman–Crippen MR) is 100 cm³/mol. The standard InChI is InChI=1S/C20H21N5O/c1-3-14-5-7-15(8-6-14)23-19-18-16(11-13(2)12-17(18)26)25(24-19)20-21-9-4-10-22-20/h4-10,13H,3,11-12H2,1-2H3,(H,23,24). The van der Waals surface area contributed by atoms with E-state index in [9.17, 15) is 4.79 Å². The van der Waals surface area contributed by atoms with Gasteiger partial charge in [-0.25, -0.2) is 14.6 Å². The molecule has 26 heavy (non-hydrogen) atoms. The lowest BCUT2D eigenvalue weighted by Crippen LogP contribution is -2.20. The molecule has 2 aromatic heterocycles. The Morgan fingerprint density at radius 3 is 2.58 bits per heavy atom. The number of aryl methyl sites for hydroxylation is 1. The highest BCUT2D eigenvalue weighted by atomic mass is 16.1. The summed E-state index contributed by atoms with van der Waals surface area (Å²) in [5, 5.41) is 7.95. The van der Waals surface area contributed by atoms with Gasteiger partial charge in [0.1, 0.15) is 0 Å². The third-order valence-corrected chi connectivity index (χ3v) is 4.70.